The minimum absolute atomic E-state index is 0.148. The molecular formula is C16H12N2O3S2. The van der Waals surface area contributed by atoms with Gasteiger partial charge in [0.1, 0.15) is 5.76 Å². The highest BCUT2D eigenvalue weighted by Crippen LogP contribution is 2.36. The average Bonchev–Trinajstić information content (AvgIpc) is 3.09. The number of nitrogens with zero attached hydrogens (tertiary/aromatic N) is 1. The fourth-order valence-electron chi connectivity index (χ4n) is 2.09. The second-order valence-corrected chi connectivity index (χ2v) is 6.44. The summed E-state index contributed by atoms with van der Waals surface area (Å²) in [6, 6.07) is 10.5. The molecule has 0 radical (unpaired) electrons. The Kier molecular flexibility index (Phi) is 4.31. The molecule has 1 N–H and O–H groups in total. The number of hydrogen-bond acceptors (Lipinski definition) is 5. The van der Waals surface area contributed by atoms with Gasteiger partial charge in [0.15, 0.2) is 4.32 Å². The first-order chi connectivity index (χ1) is 11.0. The molecule has 3 rings (SSSR count). The van der Waals surface area contributed by atoms with E-state index in [-0.39, 0.29) is 11.8 Å². The van der Waals surface area contributed by atoms with E-state index in [9.17, 15) is 9.59 Å². The molecule has 2 amide bonds. The van der Waals surface area contributed by atoms with Gasteiger partial charge in [-0.3, -0.25) is 14.5 Å². The van der Waals surface area contributed by atoms with Gasteiger partial charge in [0.2, 0.25) is 5.91 Å². The van der Waals surface area contributed by atoms with Crippen LogP contribution in [0.15, 0.2) is 52.0 Å². The molecule has 1 saturated heterocycles. The summed E-state index contributed by atoms with van der Waals surface area (Å²) in [6.45, 7) is 1.44. The predicted molar refractivity (Wildman–Crippen MR) is 95.1 cm³/mol. The maximum Gasteiger partial charge on any atom is 0.270 e. The zero-order valence-electron chi connectivity index (χ0n) is 12.1. The summed E-state index contributed by atoms with van der Waals surface area (Å²) in [5.41, 5.74) is 1.32. The maximum atomic E-state index is 12.5. The molecule has 1 aliphatic heterocycles. The third-order valence-electron chi connectivity index (χ3n) is 3.06. The van der Waals surface area contributed by atoms with Gasteiger partial charge in [0, 0.05) is 18.7 Å². The molecule has 2 aromatic rings. The number of furan rings is 1. The van der Waals surface area contributed by atoms with E-state index in [4.69, 9.17) is 16.6 Å². The Morgan fingerprint density at radius 1 is 1.30 bits per heavy atom. The number of rotatable bonds is 3. The van der Waals surface area contributed by atoms with Gasteiger partial charge < -0.3 is 9.73 Å². The SMILES string of the molecule is CC(=O)Nc1ccc(N2C(=O)/C(=C\c3ccco3)SC2=S)cc1. The highest BCUT2D eigenvalue weighted by atomic mass is 32.2. The monoisotopic (exact) mass is 344 g/mol. The van der Waals surface area contributed by atoms with Crippen LogP contribution < -0.4 is 10.2 Å². The molecule has 1 aromatic heterocycles. The second-order valence-electron chi connectivity index (χ2n) is 4.76. The third kappa shape index (κ3) is 3.35. The van der Waals surface area contributed by atoms with Crippen molar-refractivity contribution in [3.05, 3.63) is 53.3 Å². The maximum absolute atomic E-state index is 12.5. The lowest BCUT2D eigenvalue weighted by molar-refractivity contribution is -0.114. The van der Waals surface area contributed by atoms with Crippen molar-refractivity contribution < 1.29 is 14.0 Å². The molecule has 0 spiro atoms. The van der Waals surface area contributed by atoms with E-state index in [0.717, 1.165) is 0 Å². The number of carbonyl (C=O) groups excluding carboxylic acids is 2. The van der Waals surface area contributed by atoms with Crippen molar-refractivity contribution in [3.8, 4) is 0 Å². The molecule has 0 bridgehead atoms. The van der Waals surface area contributed by atoms with Crippen LogP contribution in [-0.4, -0.2) is 16.1 Å². The van der Waals surface area contributed by atoms with Crippen LogP contribution in [0.3, 0.4) is 0 Å². The summed E-state index contributed by atoms with van der Waals surface area (Å²) < 4.78 is 5.69. The van der Waals surface area contributed by atoms with Crippen molar-refractivity contribution in [2.75, 3.05) is 10.2 Å². The van der Waals surface area contributed by atoms with E-state index >= 15 is 0 Å². The van der Waals surface area contributed by atoms with Gasteiger partial charge >= 0.3 is 0 Å². The Bertz CT molecular complexity index is 795. The zero-order chi connectivity index (χ0) is 16.4. The van der Waals surface area contributed by atoms with Gasteiger partial charge in [0.05, 0.1) is 16.9 Å². The standard InChI is InChI=1S/C16H12N2O3S2/c1-10(19)17-11-4-6-12(7-5-11)18-15(20)14(23-16(18)22)9-13-3-2-8-21-13/h2-9H,1H3,(H,17,19)/b14-9+. The van der Waals surface area contributed by atoms with Crippen LogP contribution in [0, 0.1) is 0 Å². The summed E-state index contributed by atoms with van der Waals surface area (Å²) in [4.78, 5) is 25.6. The summed E-state index contributed by atoms with van der Waals surface area (Å²) in [7, 11) is 0. The first-order valence-corrected chi connectivity index (χ1v) is 7.96. The zero-order valence-corrected chi connectivity index (χ0v) is 13.7. The number of thiocarbonyl (C=S) groups is 1. The fourth-order valence-corrected chi connectivity index (χ4v) is 3.37. The van der Waals surface area contributed by atoms with Crippen LogP contribution in [0.5, 0.6) is 0 Å². The van der Waals surface area contributed by atoms with Gasteiger partial charge in [-0.25, -0.2) is 0 Å². The Balaban J connectivity index is 1.84. The van der Waals surface area contributed by atoms with Crippen molar-refractivity contribution in [2.24, 2.45) is 0 Å². The van der Waals surface area contributed by atoms with E-state index in [1.165, 1.54) is 23.6 Å². The van der Waals surface area contributed by atoms with Crippen molar-refractivity contribution >= 4 is 57.6 Å². The molecule has 5 nitrogen and oxygen atoms in total. The summed E-state index contributed by atoms with van der Waals surface area (Å²) in [5, 5.41) is 2.68. The summed E-state index contributed by atoms with van der Waals surface area (Å²) in [5.74, 6) is 0.264. The summed E-state index contributed by atoms with van der Waals surface area (Å²) >= 11 is 6.53. The minimum Gasteiger partial charge on any atom is -0.465 e. The lowest BCUT2D eigenvalue weighted by Crippen LogP contribution is -2.27. The molecule has 0 aliphatic carbocycles. The van der Waals surface area contributed by atoms with Gasteiger partial charge in [-0.05, 0) is 36.4 Å². The lowest BCUT2D eigenvalue weighted by atomic mass is 10.2. The van der Waals surface area contributed by atoms with E-state index in [2.05, 4.69) is 5.32 Å². The van der Waals surface area contributed by atoms with E-state index < -0.39 is 0 Å². The number of thioether (sulfide) groups is 1. The fraction of sp³-hybridized carbons (Fsp3) is 0.0625. The van der Waals surface area contributed by atoms with Gasteiger partial charge in [-0.2, -0.15) is 0 Å². The molecule has 7 heteroatoms. The first-order valence-electron chi connectivity index (χ1n) is 6.74. The van der Waals surface area contributed by atoms with Crippen LogP contribution in [0.1, 0.15) is 12.7 Å². The largest absolute Gasteiger partial charge is 0.465 e. The predicted octanol–water partition coefficient (Wildman–Crippen LogP) is 3.64. The Hall–Kier alpha value is -2.38. The van der Waals surface area contributed by atoms with Gasteiger partial charge in [-0.1, -0.05) is 24.0 Å². The van der Waals surface area contributed by atoms with Crippen molar-refractivity contribution in [1.29, 1.82) is 0 Å². The highest BCUT2D eigenvalue weighted by molar-refractivity contribution is 8.27. The molecule has 1 aliphatic rings. The Morgan fingerprint density at radius 3 is 2.65 bits per heavy atom. The number of hydrogen-bond donors (Lipinski definition) is 1. The van der Waals surface area contributed by atoms with E-state index in [1.807, 2.05) is 0 Å². The lowest BCUT2D eigenvalue weighted by Gasteiger charge is -2.15. The first kappa shape index (κ1) is 15.5. The number of anilines is 2. The van der Waals surface area contributed by atoms with Gasteiger partial charge in [0.25, 0.3) is 5.91 Å². The third-order valence-corrected chi connectivity index (χ3v) is 4.36. The van der Waals surface area contributed by atoms with Crippen LogP contribution in [0.25, 0.3) is 6.08 Å². The number of nitrogens with one attached hydrogen (secondary N) is 1. The Labute approximate surface area is 142 Å². The minimum atomic E-state index is -0.191. The molecule has 2 heterocycles. The molecule has 23 heavy (non-hydrogen) atoms. The molecule has 0 saturated carbocycles. The van der Waals surface area contributed by atoms with Crippen molar-refractivity contribution in [2.45, 2.75) is 6.92 Å². The highest BCUT2D eigenvalue weighted by Gasteiger charge is 2.33. The van der Waals surface area contributed by atoms with Crippen LogP contribution in [0.4, 0.5) is 11.4 Å². The second kappa shape index (κ2) is 6.39. The smallest absolute Gasteiger partial charge is 0.270 e. The van der Waals surface area contributed by atoms with Crippen LogP contribution in [0.2, 0.25) is 0 Å². The van der Waals surface area contributed by atoms with E-state index in [0.29, 0.717) is 26.4 Å². The number of carbonyl (C=O) groups is 2. The van der Waals surface area contributed by atoms with E-state index in [1.54, 1.807) is 48.7 Å². The molecule has 0 atom stereocenters. The van der Waals surface area contributed by atoms with Gasteiger partial charge in [-0.15, -0.1) is 0 Å². The number of benzene rings is 1. The van der Waals surface area contributed by atoms with Crippen molar-refractivity contribution in [3.63, 3.8) is 0 Å². The molecule has 1 aromatic carbocycles. The van der Waals surface area contributed by atoms with Crippen LogP contribution >= 0.6 is 24.0 Å². The normalized spacial score (nSPS) is 16.2. The molecule has 116 valence electrons. The molecule has 1 fully saturated rings. The topological polar surface area (TPSA) is 62.6 Å². The quantitative estimate of drug-likeness (QED) is 0.680. The number of amides is 2. The average molecular weight is 344 g/mol. The molecular weight excluding hydrogens is 332 g/mol. The molecule has 0 unspecified atom stereocenters. The van der Waals surface area contributed by atoms with Crippen LogP contribution in [-0.2, 0) is 9.59 Å². The Morgan fingerprint density at radius 2 is 2.04 bits per heavy atom. The summed E-state index contributed by atoms with van der Waals surface area (Å²) in [6.07, 6.45) is 3.22. The van der Waals surface area contributed by atoms with Crippen molar-refractivity contribution in [1.82, 2.24) is 0 Å².